The number of hydrogen-bond acceptors (Lipinski definition) is 9. The molecular weight excluding hydrogens is 552 g/mol. The van der Waals surface area contributed by atoms with Gasteiger partial charge in [0.1, 0.15) is 0 Å². The third-order valence-corrected chi connectivity index (χ3v) is 9.54. The van der Waals surface area contributed by atoms with Gasteiger partial charge in [0, 0.05) is 43.9 Å². The lowest BCUT2D eigenvalue weighted by Gasteiger charge is -2.26. The van der Waals surface area contributed by atoms with Crippen LogP contribution in [0.15, 0.2) is 41.3 Å². The monoisotopic (exact) mass is 582 g/mol. The van der Waals surface area contributed by atoms with Crippen molar-refractivity contribution < 1.29 is 27.4 Å². The van der Waals surface area contributed by atoms with Crippen LogP contribution in [0.2, 0.25) is 0 Å². The van der Waals surface area contributed by atoms with Gasteiger partial charge in [0.05, 0.1) is 28.3 Å². The third kappa shape index (κ3) is 5.75. The van der Waals surface area contributed by atoms with E-state index in [0.29, 0.717) is 61.6 Å². The predicted molar refractivity (Wildman–Crippen MR) is 148 cm³/mol. The summed E-state index contributed by atoms with van der Waals surface area (Å²) in [5.41, 5.74) is 1.13. The molecule has 0 spiro atoms. The molecule has 2 aliphatic heterocycles. The molecule has 206 valence electrons. The zero-order chi connectivity index (χ0) is 26.0. The van der Waals surface area contributed by atoms with Crippen molar-refractivity contribution >= 4 is 55.0 Å². The van der Waals surface area contributed by atoms with Crippen molar-refractivity contribution in [3.05, 3.63) is 42.0 Å². The highest BCUT2D eigenvalue weighted by Gasteiger charge is 2.28. The Morgan fingerprint density at radius 1 is 1.03 bits per heavy atom. The van der Waals surface area contributed by atoms with Crippen LogP contribution in [0.4, 0.5) is 5.13 Å². The average molecular weight is 583 g/mol. The van der Waals surface area contributed by atoms with E-state index in [0.717, 1.165) is 23.3 Å². The van der Waals surface area contributed by atoms with Crippen molar-refractivity contribution in [2.75, 3.05) is 64.2 Å². The summed E-state index contributed by atoms with van der Waals surface area (Å²) in [4.78, 5) is 22.5. The molecule has 0 aliphatic carbocycles. The fraction of sp³-hybridized carbons (Fsp3) is 0.440. The van der Waals surface area contributed by atoms with Crippen molar-refractivity contribution in [2.45, 2.75) is 18.7 Å². The molecule has 10 nitrogen and oxygen atoms in total. The van der Waals surface area contributed by atoms with Gasteiger partial charge >= 0.3 is 0 Å². The van der Waals surface area contributed by atoms with Gasteiger partial charge in [-0.2, -0.15) is 4.31 Å². The third-order valence-electron chi connectivity index (χ3n) is 6.59. The summed E-state index contributed by atoms with van der Waals surface area (Å²) < 4.78 is 44.5. The first kappa shape index (κ1) is 28.5. The SMILES string of the molecule is CCN(CC)CCN(C(=O)c1ccc(S(=O)(=O)N2CCOCC2)cc1)c1nc2cc3c(cc2s1)OCO3.Cl. The second-order valence-corrected chi connectivity index (χ2v) is 11.6. The first-order valence-electron chi connectivity index (χ1n) is 12.3. The summed E-state index contributed by atoms with van der Waals surface area (Å²) in [7, 11) is -3.64. The van der Waals surface area contributed by atoms with E-state index < -0.39 is 10.0 Å². The zero-order valence-corrected chi connectivity index (χ0v) is 23.7. The van der Waals surface area contributed by atoms with Crippen LogP contribution < -0.4 is 14.4 Å². The molecule has 13 heteroatoms. The van der Waals surface area contributed by atoms with Crippen LogP contribution in [-0.2, 0) is 14.8 Å². The standard InChI is InChI=1S/C25H30N4O6S2.ClH/c1-3-27(4-2)9-10-29(25-26-20-15-21-22(35-17-34-21)16-23(20)36-25)24(30)18-5-7-19(8-6-18)37(31,32)28-11-13-33-14-12-28;/h5-8,15-16H,3-4,9-14,17H2,1-2H3;1H. The minimum Gasteiger partial charge on any atom is -0.454 e. The van der Waals surface area contributed by atoms with Crippen molar-refractivity contribution in [2.24, 2.45) is 0 Å². The molecule has 38 heavy (non-hydrogen) atoms. The second kappa shape index (κ2) is 12.1. The van der Waals surface area contributed by atoms with Crippen LogP contribution >= 0.6 is 23.7 Å². The zero-order valence-electron chi connectivity index (χ0n) is 21.3. The van der Waals surface area contributed by atoms with Crippen LogP contribution in [0.5, 0.6) is 11.5 Å². The minimum atomic E-state index is -3.64. The van der Waals surface area contributed by atoms with Crippen molar-refractivity contribution in [1.82, 2.24) is 14.2 Å². The molecule has 2 aliphatic rings. The average Bonchev–Trinajstić information content (AvgIpc) is 3.56. The van der Waals surface area contributed by atoms with E-state index in [1.54, 1.807) is 17.0 Å². The molecule has 3 aromatic rings. The van der Waals surface area contributed by atoms with E-state index in [1.807, 2.05) is 12.1 Å². The molecule has 2 aromatic carbocycles. The number of fused-ring (bicyclic) bond motifs is 2. The number of carbonyl (C=O) groups excluding carboxylic acids is 1. The Balaban J connectivity index is 0.00000336. The number of aromatic nitrogens is 1. The molecule has 1 saturated heterocycles. The molecule has 0 radical (unpaired) electrons. The Bertz CT molecular complexity index is 1330. The van der Waals surface area contributed by atoms with Crippen LogP contribution in [0.25, 0.3) is 10.2 Å². The quantitative estimate of drug-likeness (QED) is 0.378. The van der Waals surface area contributed by atoms with Gasteiger partial charge in [-0.15, -0.1) is 12.4 Å². The van der Waals surface area contributed by atoms with E-state index >= 15 is 0 Å². The lowest BCUT2D eigenvalue weighted by molar-refractivity contribution is 0.0730. The number of thiazole rings is 1. The fourth-order valence-electron chi connectivity index (χ4n) is 4.35. The Kier molecular flexibility index (Phi) is 9.11. The number of halogens is 1. The van der Waals surface area contributed by atoms with Gasteiger partial charge < -0.3 is 19.1 Å². The lowest BCUT2D eigenvalue weighted by atomic mass is 10.2. The number of anilines is 1. The van der Waals surface area contributed by atoms with Crippen LogP contribution in [0.1, 0.15) is 24.2 Å². The smallest absolute Gasteiger partial charge is 0.260 e. The summed E-state index contributed by atoms with van der Waals surface area (Å²) in [6.07, 6.45) is 0. The molecule has 0 unspecified atom stereocenters. The summed E-state index contributed by atoms with van der Waals surface area (Å²) in [6.45, 7) is 8.61. The first-order chi connectivity index (χ1) is 17.9. The highest BCUT2D eigenvalue weighted by molar-refractivity contribution is 7.89. The van der Waals surface area contributed by atoms with Crippen molar-refractivity contribution in [1.29, 1.82) is 0 Å². The van der Waals surface area contributed by atoms with Crippen LogP contribution in [0, 0.1) is 0 Å². The van der Waals surface area contributed by atoms with Crippen molar-refractivity contribution in [3.8, 4) is 11.5 Å². The Hall–Kier alpha value is -2.48. The maximum atomic E-state index is 13.7. The number of likely N-dealkylation sites (N-methyl/N-ethyl adjacent to an activating group) is 1. The highest BCUT2D eigenvalue weighted by atomic mass is 35.5. The van der Waals surface area contributed by atoms with Gasteiger partial charge in [-0.1, -0.05) is 25.2 Å². The molecule has 1 amide bonds. The molecule has 0 atom stereocenters. The molecule has 0 N–H and O–H groups in total. The van der Waals surface area contributed by atoms with Gasteiger partial charge in [-0.25, -0.2) is 13.4 Å². The number of sulfonamides is 1. The molecular formula is C25H31ClN4O6S2. The molecule has 1 fully saturated rings. The Morgan fingerprint density at radius 2 is 1.68 bits per heavy atom. The van der Waals surface area contributed by atoms with E-state index in [4.69, 9.17) is 19.2 Å². The molecule has 0 bridgehead atoms. The molecule has 1 aromatic heterocycles. The Morgan fingerprint density at radius 3 is 2.34 bits per heavy atom. The van der Waals surface area contributed by atoms with E-state index in [-0.39, 0.29) is 30.0 Å². The summed E-state index contributed by atoms with van der Waals surface area (Å²) in [5.74, 6) is 1.07. The molecule has 0 saturated carbocycles. The van der Waals surface area contributed by atoms with Gasteiger partial charge in [-0.3, -0.25) is 9.69 Å². The Labute approximate surface area is 232 Å². The van der Waals surface area contributed by atoms with Gasteiger partial charge in [-0.05, 0) is 37.4 Å². The number of ether oxygens (including phenoxy) is 3. The molecule has 3 heterocycles. The summed E-state index contributed by atoms with van der Waals surface area (Å²) >= 11 is 1.41. The predicted octanol–water partition coefficient (Wildman–Crippen LogP) is 3.46. The van der Waals surface area contributed by atoms with E-state index in [1.165, 1.54) is 27.8 Å². The number of morpholine rings is 1. The maximum absolute atomic E-state index is 13.7. The summed E-state index contributed by atoms with van der Waals surface area (Å²) in [6, 6.07) is 9.86. The maximum Gasteiger partial charge on any atom is 0.260 e. The fourth-order valence-corrected chi connectivity index (χ4v) is 6.76. The number of nitrogens with zero attached hydrogens (tertiary/aromatic N) is 4. The molecule has 5 rings (SSSR count). The number of benzene rings is 2. The van der Waals surface area contributed by atoms with Gasteiger partial charge in [0.15, 0.2) is 16.6 Å². The van der Waals surface area contributed by atoms with E-state index in [9.17, 15) is 13.2 Å². The lowest BCUT2D eigenvalue weighted by Crippen LogP contribution is -2.40. The number of amides is 1. The van der Waals surface area contributed by atoms with Crippen LogP contribution in [0.3, 0.4) is 0 Å². The number of carbonyl (C=O) groups is 1. The minimum absolute atomic E-state index is 0. The van der Waals surface area contributed by atoms with E-state index in [2.05, 4.69) is 18.7 Å². The first-order valence-corrected chi connectivity index (χ1v) is 14.6. The van der Waals surface area contributed by atoms with Crippen LogP contribution in [-0.4, -0.2) is 87.8 Å². The van der Waals surface area contributed by atoms with Crippen molar-refractivity contribution in [3.63, 3.8) is 0 Å². The topological polar surface area (TPSA) is 102 Å². The number of rotatable bonds is 9. The largest absolute Gasteiger partial charge is 0.454 e. The summed E-state index contributed by atoms with van der Waals surface area (Å²) in [5, 5.41) is 0.570. The number of hydrogen-bond donors (Lipinski definition) is 0. The van der Waals surface area contributed by atoms with Gasteiger partial charge in [0.2, 0.25) is 16.8 Å². The van der Waals surface area contributed by atoms with Gasteiger partial charge in [0.25, 0.3) is 5.91 Å². The highest BCUT2D eigenvalue weighted by Crippen LogP contribution is 2.40. The normalized spacial score (nSPS) is 15.6. The second-order valence-electron chi connectivity index (χ2n) is 8.69.